The summed E-state index contributed by atoms with van der Waals surface area (Å²) in [6.45, 7) is 7.90. The molecule has 4 aliphatic heterocycles. The number of likely N-dealkylation sites (N-methyl/N-ethyl adjacent to an activating group) is 1. The Morgan fingerprint density at radius 2 is 1.83 bits per heavy atom. The van der Waals surface area contributed by atoms with Crippen LogP contribution in [0.1, 0.15) is 48.9 Å². The fraction of sp³-hybridized carbons (Fsp3) is 0.611. The second kappa shape index (κ2) is 13.6. The van der Waals surface area contributed by atoms with Crippen molar-refractivity contribution in [1.29, 1.82) is 5.26 Å². The number of piperazine rings is 1. The van der Waals surface area contributed by atoms with Crippen molar-refractivity contribution in [3.05, 3.63) is 53.2 Å². The van der Waals surface area contributed by atoms with Gasteiger partial charge in [-0.1, -0.05) is 24.3 Å². The van der Waals surface area contributed by atoms with E-state index in [-0.39, 0.29) is 11.9 Å². The van der Waals surface area contributed by atoms with Crippen LogP contribution in [0, 0.1) is 11.3 Å². The number of aryl methyl sites for hydroxylation is 1. The molecule has 10 heteroatoms. The Morgan fingerprint density at radius 3 is 2.63 bits per heavy atom. The van der Waals surface area contributed by atoms with E-state index in [0.29, 0.717) is 38.1 Å². The molecule has 2 unspecified atom stereocenters. The number of anilines is 3. The van der Waals surface area contributed by atoms with E-state index in [2.05, 4.69) is 68.9 Å². The largest absolute Gasteiger partial charge is 0.368 e. The van der Waals surface area contributed by atoms with Gasteiger partial charge in [0.15, 0.2) is 0 Å². The topological polar surface area (TPSA) is 86.1 Å². The Balaban J connectivity index is 1.13. The number of fused-ring (bicyclic) bond motifs is 2. The van der Waals surface area contributed by atoms with Crippen LogP contribution in [0.25, 0.3) is 0 Å². The standard InChI is InChI=1S/C36H49N9O/c1-40(2)30-25-43(26-30)36-38-32-23-28(44-20-7-10-27-9-3-4-11-33(27)44)13-14-31(32)35(39-36)42-21-22-45(29(24-42)15-16-37)34(46)12-8-19-41-17-5-6-18-41/h3-4,8-9,11-12,28-30H,5-7,10,13-15,17-26H2,1-2H3. The summed E-state index contributed by atoms with van der Waals surface area (Å²) in [7, 11) is 4.28. The Morgan fingerprint density at radius 1 is 1.00 bits per heavy atom. The third-order valence-corrected chi connectivity index (χ3v) is 10.9. The fourth-order valence-electron chi connectivity index (χ4n) is 8.10. The number of hydrogen-bond acceptors (Lipinski definition) is 9. The summed E-state index contributed by atoms with van der Waals surface area (Å²) in [5.74, 6) is 1.86. The number of para-hydroxylation sites is 1. The number of rotatable bonds is 8. The van der Waals surface area contributed by atoms with Crippen LogP contribution in [-0.4, -0.2) is 122 Å². The van der Waals surface area contributed by atoms with Crippen LogP contribution < -0.4 is 14.7 Å². The van der Waals surface area contributed by atoms with Gasteiger partial charge in [-0.15, -0.1) is 0 Å². The van der Waals surface area contributed by atoms with Crippen molar-refractivity contribution >= 4 is 23.4 Å². The zero-order valence-corrected chi connectivity index (χ0v) is 27.7. The normalized spacial score (nSPS) is 23.9. The van der Waals surface area contributed by atoms with Gasteiger partial charge in [-0.25, -0.2) is 4.98 Å². The third kappa shape index (κ3) is 6.32. The van der Waals surface area contributed by atoms with E-state index < -0.39 is 0 Å². The van der Waals surface area contributed by atoms with Gasteiger partial charge >= 0.3 is 0 Å². The van der Waals surface area contributed by atoms with Crippen LogP contribution in [0.4, 0.5) is 17.5 Å². The highest BCUT2D eigenvalue weighted by atomic mass is 16.2. The lowest BCUT2D eigenvalue weighted by Crippen LogP contribution is -2.58. The molecule has 5 heterocycles. The van der Waals surface area contributed by atoms with E-state index >= 15 is 0 Å². The van der Waals surface area contributed by atoms with E-state index in [1.807, 2.05) is 11.0 Å². The van der Waals surface area contributed by atoms with Crippen LogP contribution in [0.5, 0.6) is 0 Å². The number of amides is 1. The molecule has 0 radical (unpaired) electrons. The molecule has 10 nitrogen and oxygen atoms in total. The van der Waals surface area contributed by atoms with Crippen LogP contribution in [0.3, 0.4) is 0 Å². The number of benzene rings is 1. The summed E-state index contributed by atoms with van der Waals surface area (Å²) in [6, 6.07) is 12.0. The molecule has 2 atom stereocenters. The number of aromatic nitrogens is 2. The first-order valence-corrected chi connectivity index (χ1v) is 17.5. The lowest BCUT2D eigenvalue weighted by atomic mass is 9.88. The van der Waals surface area contributed by atoms with Crippen molar-refractivity contribution < 1.29 is 4.79 Å². The summed E-state index contributed by atoms with van der Waals surface area (Å²) in [6.07, 6.45) is 11.8. The molecule has 244 valence electrons. The zero-order chi connectivity index (χ0) is 31.6. The highest BCUT2D eigenvalue weighted by molar-refractivity contribution is 5.88. The molecule has 5 aliphatic rings. The van der Waals surface area contributed by atoms with Crippen molar-refractivity contribution in [3.63, 3.8) is 0 Å². The first-order chi connectivity index (χ1) is 22.5. The van der Waals surface area contributed by atoms with Gasteiger partial charge in [0.1, 0.15) is 5.82 Å². The van der Waals surface area contributed by atoms with Crippen molar-refractivity contribution in [2.45, 2.75) is 69.5 Å². The van der Waals surface area contributed by atoms with Gasteiger partial charge in [-0.3, -0.25) is 9.69 Å². The fourth-order valence-corrected chi connectivity index (χ4v) is 8.10. The first kappa shape index (κ1) is 30.9. The molecule has 3 saturated heterocycles. The Hall–Kier alpha value is -3.68. The van der Waals surface area contributed by atoms with Gasteiger partial charge in [-0.2, -0.15) is 10.2 Å². The average Bonchev–Trinajstić information content (AvgIpc) is 3.57. The molecule has 0 N–H and O–H groups in total. The second-order valence-corrected chi connectivity index (χ2v) is 14.0. The quantitative estimate of drug-likeness (QED) is 0.412. The molecule has 1 aromatic carbocycles. The maximum absolute atomic E-state index is 13.3. The van der Waals surface area contributed by atoms with Gasteiger partial charge in [0, 0.05) is 81.6 Å². The van der Waals surface area contributed by atoms with Gasteiger partial charge in [-0.05, 0) is 77.3 Å². The van der Waals surface area contributed by atoms with Crippen molar-refractivity contribution in [3.8, 4) is 6.07 Å². The number of carbonyl (C=O) groups excluding carboxylic acids is 1. The molecule has 1 amide bonds. The Kier molecular flexibility index (Phi) is 9.14. The van der Waals surface area contributed by atoms with E-state index in [4.69, 9.17) is 9.97 Å². The predicted octanol–water partition coefficient (Wildman–Crippen LogP) is 3.12. The highest BCUT2D eigenvalue weighted by Crippen LogP contribution is 2.37. The monoisotopic (exact) mass is 623 g/mol. The SMILES string of the molecule is CN(C)C1CN(c2nc3c(c(N4CCN(C(=O)C=CCN5CCCC5)C(CC#N)C4)n2)CCC(N2CCCc4ccccc42)C3)C1. The number of nitrogens with zero attached hydrogens (tertiary/aromatic N) is 9. The molecule has 0 spiro atoms. The molecular weight excluding hydrogens is 574 g/mol. The van der Waals surface area contributed by atoms with Crippen LogP contribution >= 0.6 is 0 Å². The maximum Gasteiger partial charge on any atom is 0.246 e. The molecule has 0 bridgehead atoms. The smallest absolute Gasteiger partial charge is 0.246 e. The summed E-state index contributed by atoms with van der Waals surface area (Å²) < 4.78 is 0. The van der Waals surface area contributed by atoms with E-state index in [1.165, 1.54) is 41.8 Å². The summed E-state index contributed by atoms with van der Waals surface area (Å²) in [4.78, 5) is 37.7. The Bertz CT molecular complexity index is 1470. The van der Waals surface area contributed by atoms with Gasteiger partial charge < -0.3 is 24.5 Å². The van der Waals surface area contributed by atoms with Crippen molar-refractivity contribution in [1.82, 2.24) is 24.7 Å². The number of nitriles is 1. The number of hydrogen-bond donors (Lipinski definition) is 0. The zero-order valence-electron chi connectivity index (χ0n) is 27.7. The number of carbonyl (C=O) groups is 1. The molecule has 1 aliphatic carbocycles. The van der Waals surface area contributed by atoms with E-state index in [0.717, 1.165) is 76.7 Å². The van der Waals surface area contributed by atoms with Crippen molar-refractivity contribution in [2.75, 3.05) is 87.7 Å². The first-order valence-electron chi connectivity index (χ1n) is 17.5. The minimum Gasteiger partial charge on any atom is -0.368 e. The molecule has 0 saturated carbocycles. The average molecular weight is 624 g/mol. The third-order valence-electron chi connectivity index (χ3n) is 10.9. The predicted molar refractivity (Wildman–Crippen MR) is 182 cm³/mol. The molecule has 2 aromatic rings. The molecular formula is C36H49N9O. The second-order valence-electron chi connectivity index (χ2n) is 14.0. The molecule has 46 heavy (non-hydrogen) atoms. The van der Waals surface area contributed by atoms with Crippen molar-refractivity contribution in [2.24, 2.45) is 0 Å². The Labute approximate surface area is 274 Å². The lowest BCUT2D eigenvalue weighted by Gasteiger charge is -2.45. The van der Waals surface area contributed by atoms with Gasteiger partial charge in [0.2, 0.25) is 11.9 Å². The summed E-state index contributed by atoms with van der Waals surface area (Å²) in [5, 5.41) is 9.76. The lowest BCUT2D eigenvalue weighted by molar-refractivity contribution is -0.128. The minimum atomic E-state index is -0.167. The minimum absolute atomic E-state index is 0.0180. The van der Waals surface area contributed by atoms with Crippen LogP contribution in [0.15, 0.2) is 36.4 Å². The van der Waals surface area contributed by atoms with Gasteiger partial charge in [0.25, 0.3) is 0 Å². The van der Waals surface area contributed by atoms with E-state index in [1.54, 1.807) is 6.08 Å². The van der Waals surface area contributed by atoms with Crippen LogP contribution in [-0.2, 0) is 24.1 Å². The summed E-state index contributed by atoms with van der Waals surface area (Å²) in [5.41, 5.74) is 5.28. The van der Waals surface area contributed by atoms with Gasteiger partial charge in [0.05, 0.1) is 24.2 Å². The molecule has 7 rings (SSSR count). The molecule has 1 aromatic heterocycles. The highest BCUT2D eigenvalue weighted by Gasteiger charge is 2.37. The number of likely N-dealkylation sites (tertiary alicyclic amines) is 1. The maximum atomic E-state index is 13.3. The summed E-state index contributed by atoms with van der Waals surface area (Å²) >= 11 is 0. The van der Waals surface area contributed by atoms with Crippen LogP contribution in [0.2, 0.25) is 0 Å². The molecule has 3 fully saturated rings. The van der Waals surface area contributed by atoms with E-state index in [9.17, 15) is 10.1 Å².